The molecule has 4 rings (SSSR count). The van der Waals surface area contributed by atoms with E-state index < -0.39 is 0 Å². The summed E-state index contributed by atoms with van der Waals surface area (Å²) < 4.78 is 7.31. The number of piperidine rings is 1. The Hall–Kier alpha value is -3.16. The van der Waals surface area contributed by atoms with Crippen LogP contribution >= 0.6 is 0 Å². The predicted octanol–water partition coefficient (Wildman–Crippen LogP) is 3.42. The van der Waals surface area contributed by atoms with Crippen molar-refractivity contribution in [2.45, 2.75) is 59.4 Å². The Morgan fingerprint density at radius 1 is 1.03 bits per heavy atom. The van der Waals surface area contributed by atoms with Gasteiger partial charge in [0.1, 0.15) is 11.5 Å². The fraction of sp³-hybridized carbons (Fsp3) is 0.478. The maximum absolute atomic E-state index is 12.3. The van der Waals surface area contributed by atoms with Gasteiger partial charge in [-0.2, -0.15) is 5.10 Å². The van der Waals surface area contributed by atoms with Crippen molar-refractivity contribution in [3.63, 3.8) is 0 Å². The van der Waals surface area contributed by atoms with E-state index in [4.69, 9.17) is 4.42 Å². The van der Waals surface area contributed by atoms with Crippen LogP contribution in [0.1, 0.15) is 54.2 Å². The van der Waals surface area contributed by atoms with Gasteiger partial charge in [0.2, 0.25) is 5.91 Å². The number of nitrogens with zero attached hydrogens (tertiary/aromatic N) is 5. The van der Waals surface area contributed by atoms with Gasteiger partial charge in [-0.3, -0.25) is 4.79 Å². The molecular weight excluding hydrogens is 392 g/mol. The van der Waals surface area contributed by atoms with Gasteiger partial charge >= 0.3 is 0 Å². The standard InChI is InChI=1S/C23H30N6O2/c1-16-7-8-19(31-16)15-24-23(30)12-9-20-17(2)27-29(18(20)3)22-11-10-21(25-26-22)28-13-5-4-6-14-28/h7-8,10-11H,4-6,9,12-15H2,1-3H3,(H,24,30). The normalized spacial score (nSPS) is 14.1. The quantitative estimate of drug-likeness (QED) is 0.628. The molecule has 3 aromatic heterocycles. The van der Waals surface area contributed by atoms with E-state index in [1.807, 2.05) is 49.7 Å². The monoisotopic (exact) mass is 422 g/mol. The number of hydrogen-bond donors (Lipinski definition) is 1. The van der Waals surface area contributed by atoms with Crippen LogP contribution in [0.15, 0.2) is 28.7 Å². The van der Waals surface area contributed by atoms with E-state index in [1.165, 1.54) is 19.3 Å². The molecule has 1 N–H and O–H groups in total. The van der Waals surface area contributed by atoms with Crippen LogP contribution in [0.2, 0.25) is 0 Å². The molecule has 1 amide bonds. The Kier molecular flexibility index (Phi) is 6.34. The van der Waals surface area contributed by atoms with E-state index >= 15 is 0 Å². The highest BCUT2D eigenvalue weighted by molar-refractivity contribution is 5.76. The summed E-state index contributed by atoms with van der Waals surface area (Å²) in [5.74, 6) is 3.22. The molecule has 1 saturated heterocycles. The lowest BCUT2D eigenvalue weighted by atomic mass is 10.1. The van der Waals surface area contributed by atoms with E-state index in [-0.39, 0.29) is 5.91 Å². The van der Waals surface area contributed by atoms with E-state index in [1.54, 1.807) is 0 Å². The highest BCUT2D eigenvalue weighted by Gasteiger charge is 2.17. The van der Waals surface area contributed by atoms with E-state index in [0.29, 0.717) is 25.2 Å². The molecule has 1 aliphatic rings. The second-order valence-electron chi connectivity index (χ2n) is 8.15. The van der Waals surface area contributed by atoms with Crippen molar-refractivity contribution in [2.75, 3.05) is 18.0 Å². The third-order valence-corrected chi connectivity index (χ3v) is 5.83. The first kappa shape index (κ1) is 21.1. The largest absolute Gasteiger partial charge is 0.465 e. The Morgan fingerprint density at radius 3 is 2.45 bits per heavy atom. The van der Waals surface area contributed by atoms with Gasteiger partial charge in [-0.25, -0.2) is 4.68 Å². The van der Waals surface area contributed by atoms with Crippen LogP contribution in [0.25, 0.3) is 5.82 Å². The molecule has 0 saturated carbocycles. The van der Waals surface area contributed by atoms with Crippen LogP contribution in [0.4, 0.5) is 5.82 Å². The lowest BCUT2D eigenvalue weighted by Crippen LogP contribution is -2.30. The highest BCUT2D eigenvalue weighted by Crippen LogP contribution is 2.21. The average Bonchev–Trinajstić information content (AvgIpc) is 3.33. The van der Waals surface area contributed by atoms with Crippen molar-refractivity contribution in [3.05, 3.63) is 52.7 Å². The van der Waals surface area contributed by atoms with E-state index in [0.717, 1.165) is 47.4 Å². The summed E-state index contributed by atoms with van der Waals surface area (Å²) in [7, 11) is 0. The van der Waals surface area contributed by atoms with Crippen LogP contribution in [-0.4, -0.2) is 39.0 Å². The maximum atomic E-state index is 12.3. The molecule has 0 aromatic carbocycles. The number of nitrogens with one attached hydrogen (secondary N) is 1. The van der Waals surface area contributed by atoms with Gasteiger partial charge in [0.25, 0.3) is 0 Å². The molecule has 3 aromatic rings. The second kappa shape index (κ2) is 9.32. The number of anilines is 1. The summed E-state index contributed by atoms with van der Waals surface area (Å²) in [5.41, 5.74) is 2.98. The molecule has 4 heterocycles. The molecule has 0 atom stereocenters. The lowest BCUT2D eigenvalue weighted by Gasteiger charge is -2.27. The smallest absolute Gasteiger partial charge is 0.220 e. The summed E-state index contributed by atoms with van der Waals surface area (Å²) in [6, 6.07) is 7.77. The van der Waals surface area contributed by atoms with Crippen molar-refractivity contribution in [2.24, 2.45) is 0 Å². The molecule has 1 aliphatic heterocycles. The van der Waals surface area contributed by atoms with Crippen molar-refractivity contribution < 1.29 is 9.21 Å². The molecule has 8 heteroatoms. The van der Waals surface area contributed by atoms with Crippen LogP contribution in [0.3, 0.4) is 0 Å². The molecule has 164 valence electrons. The Morgan fingerprint density at radius 2 is 1.77 bits per heavy atom. The number of carbonyl (C=O) groups is 1. The van der Waals surface area contributed by atoms with Crippen LogP contribution in [0, 0.1) is 20.8 Å². The van der Waals surface area contributed by atoms with Gasteiger partial charge in [0, 0.05) is 25.2 Å². The van der Waals surface area contributed by atoms with Gasteiger partial charge in [-0.05, 0) is 76.3 Å². The highest BCUT2D eigenvalue weighted by atomic mass is 16.3. The summed E-state index contributed by atoms with van der Waals surface area (Å²) in [6.07, 6.45) is 4.72. The zero-order chi connectivity index (χ0) is 21.8. The van der Waals surface area contributed by atoms with Gasteiger partial charge in [-0.1, -0.05) is 0 Å². The van der Waals surface area contributed by atoms with Crippen LogP contribution in [-0.2, 0) is 17.8 Å². The zero-order valence-corrected chi connectivity index (χ0v) is 18.5. The number of furan rings is 1. The van der Waals surface area contributed by atoms with E-state index in [9.17, 15) is 4.79 Å². The number of hydrogen-bond acceptors (Lipinski definition) is 6. The van der Waals surface area contributed by atoms with Gasteiger partial charge < -0.3 is 14.6 Å². The van der Waals surface area contributed by atoms with Crippen molar-refractivity contribution >= 4 is 11.7 Å². The second-order valence-corrected chi connectivity index (χ2v) is 8.15. The summed E-state index contributed by atoms with van der Waals surface area (Å²) in [6.45, 7) is 8.36. The van der Waals surface area contributed by atoms with Gasteiger partial charge in [-0.15, -0.1) is 10.2 Å². The number of carbonyl (C=O) groups excluding carboxylic acids is 1. The molecule has 31 heavy (non-hydrogen) atoms. The minimum atomic E-state index is -0.00807. The number of rotatable bonds is 7. The minimum Gasteiger partial charge on any atom is -0.465 e. The first-order valence-electron chi connectivity index (χ1n) is 11.0. The fourth-order valence-electron chi connectivity index (χ4n) is 4.08. The van der Waals surface area contributed by atoms with Crippen molar-refractivity contribution in [1.82, 2.24) is 25.3 Å². The Labute approximate surface area is 182 Å². The summed E-state index contributed by atoms with van der Waals surface area (Å²) >= 11 is 0. The number of aryl methyl sites for hydroxylation is 2. The number of aromatic nitrogens is 4. The SMILES string of the molecule is Cc1ccc(CNC(=O)CCc2c(C)nn(-c3ccc(N4CCCCC4)nn3)c2C)o1. The van der Waals surface area contributed by atoms with Gasteiger partial charge in [0.15, 0.2) is 11.6 Å². The van der Waals surface area contributed by atoms with Gasteiger partial charge in [0.05, 0.1) is 12.2 Å². The summed E-state index contributed by atoms with van der Waals surface area (Å²) in [5, 5.41) is 16.4. The molecule has 0 unspecified atom stereocenters. The molecule has 1 fully saturated rings. The zero-order valence-electron chi connectivity index (χ0n) is 18.5. The topological polar surface area (TPSA) is 89.1 Å². The third-order valence-electron chi connectivity index (χ3n) is 5.83. The molecule has 0 spiro atoms. The Balaban J connectivity index is 1.38. The van der Waals surface area contributed by atoms with Crippen LogP contribution < -0.4 is 10.2 Å². The molecule has 0 aliphatic carbocycles. The van der Waals surface area contributed by atoms with Crippen molar-refractivity contribution in [3.8, 4) is 5.82 Å². The molecular formula is C23H30N6O2. The first-order chi connectivity index (χ1) is 15.0. The van der Waals surface area contributed by atoms with Crippen LogP contribution in [0.5, 0.6) is 0 Å². The fourth-order valence-corrected chi connectivity index (χ4v) is 4.08. The minimum absolute atomic E-state index is 0.00807. The molecule has 0 bridgehead atoms. The summed E-state index contributed by atoms with van der Waals surface area (Å²) in [4.78, 5) is 14.6. The molecule has 0 radical (unpaired) electrons. The third kappa shape index (κ3) is 4.95. The maximum Gasteiger partial charge on any atom is 0.220 e. The number of amides is 1. The lowest BCUT2D eigenvalue weighted by molar-refractivity contribution is -0.121. The van der Waals surface area contributed by atoms with Crippen molar-refractivity contribution in [1.29, 1.82) is 0 Å². The Bertz CT molecular complexity index is 1030. The predicted molar refractivity (Wildman–Crippen MR) is 118 cm³/mol. The van der Waals surface area contributed by atoms with E-state index in [2.05, 4.69) is 25.5 Å². The average molecular weight is 423 g/mol. The molecule has 8 nitrogen and oxygen atoms in total. The first-order valence-corrected chi connectivity index (χ1v) is 11.0.